The van der Waals surface area contributed by atoms with Gasteiger partial charge in [0, 0.05) is 25.2 Å². The van der Waals surface area contributed by atoms with Gasteiger partial charge in [-0.05, 0) is 40.3 Å². The number of rotatable bonds is 9. The fourth-order valence-electron chi connectivity index (χ4n) is 1.12. The largest absolute Gasteiger partial charge is 0.380 e. The van der Waals surface area contributed by atoms with E-state index in [9.17, 15) is 0 Å². The summed E-state index contributed by atoms with van der Waals surface area (Å²) in [7, 11) is 4.22. The Kier molecular flexibility index (Phi) is 7.98. The highest BCUT2D eigenvalue weighted by Gasteiger charge is 2.18. The van der Waals surface area contributed by atoms with Gasteiger partial charge in [-0.2, -0.15) is 0 Å². The van der Waals surface area contributed by atoms with E-state index in [2.05, 4.69) is 52.0 Å². The fourth-order valence-corrected chi connectivity index (χ4v) is 1.12. The maximum Gasteiger partial charge on any atom is 0.0590 e. The Morgan fingerprint density at radius 2 is 1.81 bits per heavy atom. The van der Waals surface area contributed by atoms with Gasteiger partial charge in [0.25, 0.3) is 0 Å². The zero-order valence-corrected chi connectivity index (χ0v) is 12.0. The van der Waals surface area contributed by atoms with E-state index < -0.39 is 0 Å². The van der Waals surface area contributed by atoms with E-state index in [1.165, 1.54) is 0 Å². The van der Waals surface area contributed by atoms with Gasteiger partial charge in [-0.25, -0.2) is 0 Å². The Bertz CT molecular complexity index is 167. The SMILES string of the molecule is CC(C)CCOCCNCC(C)(C)N(C)C. The molecule has 0 aliphatic heterocycles. The molecule has 0 unspecified atom stereocenters. The summed E-state index contributed by atoms with van der Waals surface area (Å²) >= 11 is 0. The fraction of sp³-hybridized carbons (Fsp3) is 1.00. The molecule has 0 spiro atoms. The molecule has 0 atom stereocenters. The molecule has 0 saturated carbocycles. The number of nitrogens with zero attached hydrogens (tertiary/aromatic N) is 1. The van der Waals surface area contributed by atoms with Crippen molar-refractivity contribution in [3.8, 4) is 0 Å². The molecular formula is C13H30N2O. The number of nitrogens with one attached hydrogen (secondary N) is 1. The van der Waals surface area contributed by atoms with E-state index >= 15 is 0 Å². The van der Waals surface area contributed by atoms with Gasteiger partial charge in [-0.1, -0.05) is 13.8 Å². The van der Waals surface area contributed by atoms with Crippen LogP contribution < -0.4 is 5.32 Å². The molecule has 0 radical (unpaired) electrons. The molecule has 1 N–H and O–H groups in total. The predicted octanol–water partition coefficient (Wildman–Crippen LogP) is 1.98. The lowest BCUT2D eigenvalue weighted by molar-refractivity contribution is 0.120. The van der Waals surface area contributed by atoms with Gasteiger partial charge in [-0.15, -0.1) is 0 Å². The Labute approximate surface area is 102 Å². The smallest absolute Gasteiger partial charge is 0.0590 e. The predicted molar refractivity (Wildman–Crippen MR) is 70.9 cm³/mol. The van der Waals surface area contributed by atoms with Crippen LogP contribution in [-0.4, -0.2) is 50.8 Å². The highest BCUT2D eigenvalue weighted by atomic mass is 16.5. The third kappa shape index (κ3) is 8.08. The number of likely N-dealkylation sites (N-methyl/N-ethyl adjacent to an activating group) is 1. The van der Waals surface area contributed by atoms with E-state index in [-0.39, 0.29) is 5.54 Å². The van der Waals surface area contributed by atoms with Crippen molar-refractivity contribution in [1.29, 1.82) is 0 Å². The van der Waals surface area contributed by atoms with Gasteiger partial charge in [-0.3, -0.25) is 0 Å². The molecule has 0 aromatic rings. The van der Waals surface area contributed by atoms with Crippen molar-refractivity contribution in [3.63, 3.8) is 0 Å². The van der Waals surface area contributed by atoms with Crippen molar-refractivity contribution < 1.29 is 4.74 Å². The van der Waals surface area contributed by atoms with Crippen molar-refractivity contribution in [2.75, 3.05) is 40.4 Å². The van der Waals surface area contributed by atoms with Gasteiger partial charge < -0.3 is 15.0 Å². The van der Waals surface area contributed by atoms with Crippen LogP contribution in [0.5, 0.6) is 0 Å². The second-order valence-corrected chi connectivity index (χ2v) is 5.68. The molecule has 0 aliphatic rings. The standard InChI is InChI=1S/C13H30N2O/c1-12(2)7-9-16-10-8-14-11-13(3,4)15(5)6/h12,14H,7-11H2,1-6H3. The number of hydrogen-bond donors (Lipinski definition) is 1. The van der Waals surface area contributed by atoms with Gasteiger partial charge in [0.15, 0.2) is 0 Å². The molecule has 0 heterocycles. The van der Waals surface area contributed by atoms with Gasteiger partial charge in [0.2, 0.25) is 0 Å². The number of hydrogen-bond acceptors (Lipinski definition) is 3. The molecule has 0 amide bonds. The first-order valence-electron chi connectivity index (χ1n) is 6.32. The summed E-state index contributed by atoms with van der Waals surface area (Å²) in [4.78, 5) is 2.24. The van der Waals surface area contributed by atoms with E-state index in [1.807, 2.05) is 0 Å². The van der Waals surface area contributed by atoms with E-state index in [1.54, 1.807) is 0 Å². The van der Waals surface area contributed by atoms with E-state index in [0.717, 1.165) is 38.6 Å². The number of ether oxygens (including phenoxy) is 1. The van der Waals surface area contributed by atoms with Crippen molar-refractivity contribution in [3.05, 3.63) is 0 Å². The maximum absolute atomic E-state index is 5.54. The van der Waals surface area contributed by atoms with Crippen LogP contribution in [0.2, 0.25) is 0 Å². The topological polar surface area (TPSA) is 24.5 Å². The first-order valence-corrected chi connectivity index (χ1v) is 6.32. The Hall–Kier alpha value is -0.120. The van der Waals surface area contributed by atoms with Crippen LogP contribution in [0.4, 0.5) is 0 Å². The summed E-state index contributed by atoms with van der Waals surface area (Å²) < 4.78 is 5.54. The Balaban J connectivity index is 3.34. The van der Waals surface area contributed by atoms with Crippen molar-refractivity contribution in [1.82, 2.24) is 10.2 Å². The minimum Gasteiger partial charge on any atom is -0.380 e. The zero-order valence-electron chi connectivity index (χ0n) is 12.0. The molecule has 3 heteroatoms. The summed E-state index contributed by atoms with van der Waals surface area (Å²) in [5, 5.41) is 3.43. The normalized spacial score (nSPS) is 12.8. The van der Waals surface area contributed by atoms with Crippen LogP contribution in [0.3, 0.4) is 0 Å². The average Bonchev–Trinajstić information content (AvgIpc) is 2.15. The lowest BCUT2D eigenvalue weighted by atomic mass is 10.0. The van der Waals surface area contributed by atoms with Gasteiger partial charge >= 0.3 is 0 Å². The van der Waals surface area contributed by atoms with Crippen molar-refractivity contribution >= 4 is 0 Å². The zero-order chi connectivity index (χ0) is 12.6. The second kappa shape index (κ2) is 8.04. The monoisotopic (exact) mass is 230 g/mol. The van der Waals surface area contributed by atoms with Gasteiger partial charge in [0.05, 0.1) is 6.61 Å². The lowest BCUT2D eigenvalue weighted by Gasteiger charge is -2.32. The van der Waals surface area contributed by atoms with Crippen molar-refractivity contribution in [2.45, 2.75) is 39.7 Å². The quantitative estimate of drug-likeness (QED) is 0.613. The molecule has 0 aliphatic carbocycles. The maximum atomic E-state index is 5.54. The van der Waals surface area contributed by atoms with Crippen LogP contribution >= 0.6 is 0 Å². The van der Waals surface area contributed by atoms with Gasteiger partial charge in [0.1, 0.15) is 0 Å². The minimum atomic E-state index is 0.206. The summed E-state index contributed by atoms with van der Waals surface area (Å²) in [6, 6.07) is 0. The molecule has 0 saturated heterocycles. The minimum absolute atomic E-state index is 0.206. The molecule has 0 aromatic heterocycles. The highest BCUT2D eigenvalue weighted by Crippen LogP contribution is 2.07. The van der Waals surface area contributed by atoms with Crippen molar-refractivity contribution in [2.24, 2.45) is 5.92 Å². The molecule has 0 fully saturated rings. The summed E-state index contributed by atoms with van der Waals surface area (Å²) in [5.74, 6) is 0.737. The van der Waals surface area contributed by atoms with Crippen LogP contribution in [0.25, 0.3) is 0 Å². The molecule has 3 nitrogen and oxygen atoms in total. The Morgan fingerprint density at radius 1 is 1.19 bits per heavy atom. The van der Waals surface area contributed by atoms with Crippen LogP contribution in [0.1, 0.15) is 34.1 Å². The van der Waals surface area contributed by atoms with E-state index in [0.29, 0.717) is 0 Å². The molecule has 0 bridgehead atoms. The molecule has 16 heavy (non-hydrogen) atoms. The van der Waals surface area contributed by atoms with Crippen LogP contribution in [0.15, 0.2) is 0 Å². The van der Waals surface area contributed by atoms with E-state index in [4.69, 9.17) is 4.74 Å². The summed E-state index contributed by atoms with van der Waals surface area (Å²) in [5.41, 5.74) is 0.206. The molecule has 0 aromatic carbocycles. The molecule has 98 valence electrons. The second-order valence-electron chi connectivity index (χ2n) is 5.68. The van der Waals surface area contributed by atoms with Crippen LogP contribution in [-0.2, 0) is 4.74 Å². The molecular weight excluding hydrogens is 200 g/mol. The highest BCUT2D eigenvalue weighted by molar-refractivity contribution is 4.79. The first kappa shape index (κ1) is 15.9. The lowest BCUT2D eigenvalue weighted by Crippen LogP contribution is -2.47. The summed E-state index contributed by atoms with van der Waals surface area (Å²) in [6.45, 7) is 12.6. The third-order valence-electron chi connectivity index (χ3n) is 3.03. The molecule has 0 rings (SSSR count). The third-order valence-corrected chi connectivity index (χ3v) is 3.03. The summed E-state index contributed by atoms with van der Waals surface area (Å²) in [6.07, 6.45) is 1.16. The average molecular weight is 230 g/mol. The van der Waals surface area contributed by atoms with Crippen LogP contribution in [0, 0.1) is 5.92 Å². The first-order chi connectivity index (χ1) is 7.36. The Morgan fingerprint density at radius 3 is 2.31 bits per heavy atom.